The van der Waals surface area contributed by atoms with Crippen molar-refractivity contribution >= 4 is 11.6 Å². The molecular formula is C24H34N4O2. The van der Waals surface area contributed by atoms with E-state index in [4.69, 9.17) is 4.74 Å². The third-order valence-electron chi connectivity index (χ3n) is 5.66. The maximum Gasteiger partial charge on any atom is 0.258 e. The molecule has 1 atom stereocenters. The number of nitrogens with one attached hydrogen (secondary N) is 1. The average molecular weight is 411 g/mol. The number of ether oxygens (including phenoxy) is 1. The zero-order chi connectivity index (χ0) is 21.5. The molecule has 1 saturated heterocycles. The summed E-state index contributed by atoms with van der Waals surface area (Å²) in [6.07, 6.45) is 0. The van der Waals surface area contributed by atoms with Crippen molar-refractivity contribution in [2.24, 2.45) is 0 Å². The van der Waals surface area contributed by atoms with Crippen molar-refractivity contribution in [3.8, 4) is 5.75 Å². The van der Waals surface area contributed by atoms with Gasteiger partial charge >= 0.3 is 0 Å². The van der Waals surface area contributed by atoms with Gasteiger partial charge in [0.1, 0.15) is 5.75 Å². The van der Waals surface area contributed by atoms with Crippen LogP contribution < -0.4 is 15.0 Å². The highest BCUT2D eigenvalue weighted by molar-refractivity contribution is 5.77. The minimum absolute atomic E-state index is 0.0259. The van der Waals surface area contributed by atoms with Crippen LogP contribution in [0.5, 0.6) is 5.75 Å². The Balaban J connectivity index is 1.61. The van der Waals surface area contributed by atoms with E-state index in [1.54, 1.807) is 0 Å². The second-order valence-corrected chi connectivity index (χ2v) is 8.25. The normalized spacial score (nSPS) is 16.1. The first-order valence-electron chi connectivity index (χ1n) is 10.6. The third kappa shape index (κ3) is 6.21. The maximum atomic E-state index is 12.4. The average Bonchev–Trinajstić information content (AvgIpc) is 2.75. The van der Waals surface area contributed by atoms with E-state index >= 15 is 0 Å². The summed E-state index contributed by atoms with van der Waals surface area (Å²) >= 11 is 0. The Morgan fingerprint density at radius 3 is 2.27 bits per heavy atom. The van der Waals surface area contributed by atoms with E-state index in [9.17, 15) is 4.79 Å². The largest absolute Gasteiger partial charge is 0.484 e. The van der Waals surface area contributed by atoms with Gasteiger partial charge in [0, 0.05) is 52.5 Å². The van der Waals surface area contributed by atoms with Gasteiger partial charge in [0.25, 0.3) is 5.91 Å². The molecule has 3 rings (SSSR count). The fourth-order valence-corrected chi connectivity index (χ4v) is 3.63. The summed E-state index contributed by atoms with van der Waals surface area (Å²) in [5.41, 5.74) is 3.57. The van der Waals surface area contributed by atoms with E-state index in [1.807, 2.05) is 45.3 Å². The molecule has 30 heavy (non-hydrogen) atoms. The van der Waals surface area contributed by atoms with Gasteiger partial charge in [0.15, 0.2) is 6.61 Å². The first kappa shape index (κ1) is 22.1. The zero-order valence-electron chi connectivity index (χ0n) is 18.6. The maximum absolute atomic E-state index is 12.4. The number of rotatable bonds is 8. The number of nitrogens with zero attached hydrogens (tertiary/aromatic N) is 3. The summed E-state index contributed by atoms with van der Waals surface area (Å²) in [4.78, 5) is 19.3. The summed E-state index contributed by atoms with van der Waals surface area (Å²) in [7, 11) is 6.24. The number of anilines is 1. The molecule has 162 valence electrons. The minimum atomic E-state index is -0.0976. The lowest BCUT2D eigenvalue weighted by atomic mass is 10.0. The Morgan fingerprint density at radius 2 is 1.67 bits per heavy atom. The predicted octanol–water partition coefficient (Wildman–Crippen LogP) is 2.54. The van der Waals surface area contributed by atoms with Crippen LogP contribution in [0.4, 0.5) is 5.69 Å². The van der Waals surface area contributed by atoms with Crippen LogP contribution in [0, 0.1) is 6.92 Å². The van der Waals surface area contributed by atoms with Gasteiger partial charge < -0.3 is 19.9 Å². The van der Waals surface area contributed by atoms with Crippen molar-refractivity contribution in [3.63, 3.8) is 0 Å². The lowest BCUT2D eigenvalue weighted by Crippen LogP contribution is -2.48. The Kier molecular flexibility index (Phi) is 7.71. The van der Waals surface area contributed by atoms with Gasteiger partial charge in [-0.15, -0.1) is 0 Å². The third-order valence-corrected chi connectivity index (χ3v) is 5.66. The van der Waals surface area contributed by atoms with Crippen molar-refractivity contribution in [1.29, 1.82) is 0 Å². The van der Waals surface area contributed by atoms with E-state index in [1.165, 1.54) is 16.8 Å². The SMILES string of the molecule is Cc1ccc(OCC(=O)NC[C@@H](c2ccc(N(C)C)cc2)N2CCN(C)CC2)cc1. The first-order valence-corrected chi connectivity index (χ1v) is 10.6. The molecule has 1 fully saturated rings. The number of hydrogen-bond donors (Lipinski definition) is 1. The molecule has 0 unspecified atom stereocenters. The molecule has 0 radical (unpaired) electrons. The van der Waals surface area contributed by atoms with Crippen LogP contribution in [0.15, 0.2) is 48.5 Å². The highest BCUT2D eigenvalue weighted by atomic mass is 16.5. The lowest BCUT2D eigenvalue weighted by Gasteiger charge is -2.38. The van der Waals surface area contributed by atoms with Gasteiger partial charge in [-0.2, -0.15) is 0 Å². The van der Waals surface area contributed by atoms with Crippen LogP contribution >= 0.6 is 0 Å². The number of carbonyl (C=O) groups excluding carboxylic acids is 1. The minimum Gasteiger partial charge on any atom is -0.484 e. The molecule has 0 bridgehead atoms. The van der Waals surface area contributed by atoms with Gasteiger partial charge in [0.05, 0.1) is 6.04 Å². The molecule has 0 aromatic heterocycles. The topological polar surface area (TPSA) is 48.1 Å². The molecular weight excluding hydrogens is 376 g/mol. The number of piperazine rings is 1. The summed E-state index contributed by atoms with van der Waals surface area (Å²) in [6.45, 7) is 6.69. The van der Waals surface area contributed by atoms with Crippen LogP contribution in [0.2, 0.25) is 0 Å². The molecule has 2 aromatic rings. The van der Waals surface area contributed by atoms with Gasteiger partial charge in [-0.25, -0.2) is 0 Å². The highest BCUT2D eigenvalue weighted by Gasteiger charge is 2.24. The Morgan fingerprint density at radius 1 is 1.03 bits per heavy atom. The number of likely N-dealkylation sites (N-methyl/N-ethyl adjacent to an activating group) is 1. The fraction of sp³-hybridized carbons (Fsp3) is 0.458. The monoisotopic (exact) mass is 410 g/mol. The van der Waals surface area contributed by atoms with E-state index in [-0.39, 0.29) is 18.6 Å². The quantitative estimate of drug-likeness (QED) is 0.725. The molecule has 1 heterocycles. The summed E-state index contributed by atoms with van der Waals surface area (Å²) in [5.74, 6) is 0.616. The van der Waals surface area contributed by atoms with Crippen molar-refractivity contribution in [2.45, 2.75) is 13.0 Å². The molecule has 6 nitrogen and oxygen atoms in total. The molecule has 1 amide bonds. The molecule has 0 spiro atoms. The number of benzene rings is 2. The van der Waals surface area contributed by atoms with E-state index in [2.05, 4.69) is 51.3 Å². The molecule has 0 aliphatic carbocycles. The Bertz CT molecular complexity index is 797. The van der Waals surface area contributed by atoms with E-state index < -0.39 is 0 Å². The number of amides is 1. The smallest absolute Gasteiger partial charge is 0.258 e. The number of aryl methyl sites for hydroxylation is 1. The molecule has 6 heteroatoms. The fourth-order valence-electron chi connectivity index (χ4n) is 3.63. The summed E-state index contributed by atoms with van der Waals surface area (Å²) in [5, 5.41) is 3.08. The van der Waals surface area contributed by atoms with Gasteiger partial charge in [-0.3, -0.25) is 9.69 Å². The summed E-state index contributed by atoms with van der Waals surface area (Å²) < 4.78 is 5.62. The second-order valence-electron chi connectivity index (χ2n) is 8.25. The van der Waals surface area contributed by atoms with E-state index in [0.29, 0.717) is 12.3 Å². The molecule has 0 saturated carbocycles. The van der Waals surface area contributed by atoms with Crippen LogP contribution in [0.25, 0.3) is 0 Å². The molecule has 2 aromatic carbocycles. The van der Waals surface area contributed by atoms with Crippen LogP contribution in [0.3, 0.4) is 0 Å². The first-order chi connectivity index (χ1) is 14.4. The standard InChI is InChI=1S/C24H34N4O2/c1-19-5-11-22(12-6-19)30-18-24(29)25-17-23(28-15-13-27(4)14-16-28)20-7-9-21(10-8-20)26(2)3/h5-12,23H,13-18H2,1-4H3,(H,25,29)/t23-/m0/s1. The Hall–Kier alpha value is -2.57. The Labute approximate surface area is 180 Å². The summed E-state index contributed by atoms with van der Waals surface area (Å²) in [6, 6.07) is 16.5. The van der Waals surface area contributed by atoms with Crippen molar-refractivity contribution in [1.82, 2.24) is 15.1 Å². The predicted molar refractivity (Wildman–Crippen MR) is 122 cm³/mol. The number of carbonyl (C=O) groups is 1. The molecule has 1 N–H and O–H groups in total. The van der Waals surface area contributed by atoms with Crippen molar-refractivity contribution in [3.05, 3.63) is 59.7 Å². The van der Waals surface area contributed by atoms with Crippen LogP contribution in [-0.4, -0.2) is 76.2 Å². The number of hydrogen-bond acceptors (Lipinski definition) is 5. The second kappa shape index (κ2) is 10.5. The van der Waals surface area contributed by atoms with E-state index in [0.717, 1.165) is 26.2 Å². The van der Waals surface area contributed by atoms with Crippen molar-refractivity contribution in [2.75, 3.05) is 65.4 Å². The molecule has 1 aliphatic heterocycles. The highest BCUT2D eigenvalue weighted by Crippen LogP contribution is 2.24. The zero-order valence-corrected chi connectivity index (χ0v) is 18.6. The van der Waals surface area contributed by atoms with Crippen molar-refractivity contribution < 1.29 is 9.53 Å². The van der Waals surface area contributed by atoms with Gasteiger partial charge in [0.2, 0.25) is 0 Å². The van der Waals surface area contributed by atoms with Gasteiger partial charge in [-0.1, -0.05) is 29.8 Å². The lowest BCUT2D eigenvalue weighted by molar-refractivity contribution is -0.123. The molecule has 1 aliphatic rings. The van der Waals surface area contributed by atoms with Crippen LogP contribution in [-0.2, 0) is 4.79 Å². The van der Waals surface area contributed by atoms with Crippen LogP contribution in [0.1, 0.15) is 17.2 Å². The van der Waals surface area contributed by atoms with Gasteiger partial charge in [-0.05, 0) is 43.8 Å².